The van der Waals surface area contributed by atoms with Crippen molar-refractivity contribution in [1.29, 1.82) is 0 Å². The molecule has 2 aromatic carbocycles. The van der Waals surface area contributed by atoms with Gasteiger partial charge in [0.1, 0.15) is 0 Å². The number of hydrogen-bond donors (Lipinski definition) is 3. The van der Waals surface area contributed by atoms with Gasteiger partial charge in [0.25, 0.3) is 5.91 Å². The molecule has 0 bridgehead atoms. The molecule has 0 aliphatic carbocycles. The van der Waals surface area contributed by atoms with Crippen LogP contribution in [0, 0.1) is 0 Å². The van der Waals surface area contributed by atoms with Crippen molar-refractivity contribution >= 4 is 23.5 Å². The second kappa shape index (κ2) is 11.0. The summed E-state index contributed by atoms with van der Waals surface area (Å²) in [5.74, 6) is 0.853. The zero-order valence-corrected chi connectivity index (χ0v) is 17.4. The van der Waals surface area contributed by atoms with Crippen molar-refractivity contribution in [3.05, 3.63) is 65.7 Å². The van der Waals surface area contributed by atoms with Crippen LogP contribution in [0.15, 0.2) is 59.6 Å². The molecule has 2 amide bonds. The highest BCUT2D eigenvalue weighted by Crippen LogP contribution is 2.21. The predicted molar refractivity (Wildman–Crippen MR) is 120 cm³/mol. The number of carbonyl (C=O) groups is 2. The zero-order valence-electron chi connectivity index (χ0n) is 17.4. The summed E-state index contributed by atoms with van der Waals surface area (Å²) >= 11 is 0. The normalized spacial score (nSPS) is 14.0. The van der Waals surface area contributed by atoms with Gasteiger partial charge in [-0.25, -0.2) is 0 Å². The molecule has 0 unspecified atom stereocenters. The second-order valence-electron chi connectivity index (χ2n) is 7.14. The first-order valence-corrected chi connectivity index (χ1v) is 10.3. The summed E-state index contributed by atoms with van der Waals surface area (Å²) in [6.45, 7) is 2.73. The van der Waals surface area contributed by atoms with E-state index in [2.05, 4.69) is 20.9 Å². The van der Waals surface area contributed by atoms with Crippen LogP contribution in [-0.2, 0) is 11.3 Å². The van der Waals surface area contributed by atoms with Crippen LogP contribution >= 0.6 is 0 Å². The van der Waals surface area contributed by atoms with Crippen LogP contribution < -0.4 is 20.9 Å². The molecule has 7 heteroatoms. The summed E-state index contributed by atoms with van der Waals surface area (Å²) in [6.07, 6.45) is 2.36. The van der Waals surface area contributed by atoms with Gasteiger partial charge < -0.3 is 20.9 Å². The van der Waals surface area contributed by atoms with Crippen molar-refractivity contribution in [3.8, 4) is 0 Å². The lowest BCUT2D eigenvalue weighted by Crippen LogP contribution is -2.38. The van der Waals surface area contributed by atoms with Crippen LogP contribution in [0.2, 0.25) is 0 Å². The molecule has 0 radical (unpaired) electrons. The second-order valence-corrected chi connectivity index (χ2v) is 7.14. The van der Waals surface area contributed by atoms with Gasteiger partial charge in [-0.3, -0.25) is 14.6 Å². The quantitative estimate of drug-likeness (QED) is 0.356. The molecule has 1 fully saturated rings. The van der Waals surface area contributed by atoms with E-state index in [1.54, 1.807) is 19.2 Å². The molecule has 158 valence electrons. The highest BCUT2D eigenvalue weighted by atomic mass is 16.2. The Kier molecular flexibility index (Phi) is 7.83. The Morgan fingerprint density at radius 1 is 1.00 bits per heavy atom. The zero-order chi connectivity index (χ0) is 21.2. The Bertz CT molecular complexity index is 865. The fourth-order valence-electron chi connectivity index (χ4n) is 3.31. The standard InChI is InChI=1S/C23H29N5O2/c1-24-23(26-15-6-14-25-22(30)19-7-3-2-4-8-19)27-17-18-10-12-20(13-11-18)28-16-5-9-21(28)29/h2-4,7-8,10-13H,5-6,9,14-17H2,1H3,(H,25,30)(H2,24,26,27). The van der Waals surface area contributed by atoms with Gasteiger partial charge in [0, 0.05) is 50.9 Å². The lowest BCUT2D eigenvalue weighted by atomic mass is 10.2. The highest BCUT2D eigenvalue weighted by Gasteiger charge is 2.21. The van der Waals surface area contributed by atoms with Gasteiger partial charge in [-0.2, -0.15) is 0 Å². The van der Waals surface area contributed by atoms with E-state index in [9.17, 15) is 9.59 Å². The van der Waals surface area contributed by atoms with Crippen molar-refractivity contribution in [2.75, 3.05) is 31.6 Å². The van der Waals surface area contributed by atoms with E-state index >= 15 is 0 Å². The monoisotopic (exact) mass is 407 g/mol. The van der Waals surface area contributed by atoms with E-state index < -0.39 is 0 Å². The van der Waals surface area contributed by atoms with Gasteiger partial charge in [-0.15, -0.1) is 0 Å². The summed E-state index contributed by atoms with van der Waals surface area (Å²) in [6, 6.07) is 17.2. The molecule has 0 aromatic heterocycles. The predicted octanol–water partition coefficient (Wildman–Crippen LogP) is 2.30. The molecule has 2 aromatic rings. The summed E-state index contributed by atoms with van der Waals surface area (Å²) in [4.78, 5) is 29.9. The molecule has 1 heterocycles. The van der Waals surface area contributed by atoms with E-state index in [1.165, 1.54) is 0 Å². The van der Waals surface area contributed by atoms with Gasteiger partial charge >= 0.3 is 0 Å². The van der Waals surface area contributed by atoms with Crippen LogP contribution in [-0.4, -0.2) is 44.5 Å². The van der Waals surface area contributed by atoms with Gasteiger partial charge in [-0.1, -0.05) is 30.3 Å². The number of aliphatic imine (C=N–C) groups is 1. The Morgan fingerprint density at radius 3 is 2.40 bits per heavy atom. The third-order valence-electron chi connectivity index (χ3n) is 4.97. The maximum absolute atomic E-state index is 12.0. The number of amides is 2. The van der Waals surface area contributed by atoms with Crippen LogP contribution in [0.25, 0.3) is 0 Å². The smallest absolute Gasteiger partial charge is 0.251 e. The first-order chi connectivity index (χ1) is 14.7. The summed E-state index contributed by atoms with van der Waals surface area (Å²) in [7, 11) is 1.73. The summed E-state index contributed by atoms with van der Waals surface area (Å²) in [5, 5.41) is 9.44. The van der Waals surface area contributed by atoms with Crippen molar-refractivity contribution < 1.29 is 9.59 Å². The van der Waals surface area contributed by atoms with E-state index in [4.69, 9.17) is 0 Å². The number of anilines is 1. The number of benzene rings is 2. The largest absolute Gasteiger partial charge is 0.356 e. The van der Waals surface area contributed by atoms with E-state index in [-0.39, 0.29) is 11.8 Å². The SMILES string of the molecule is CN=C(NCCCNC(=O)c1ccccc1)NCc1ccc(N2CCCC2=O)cc1. The lowest BCUT2D eigenvalue weighted by molar-refractivity contribution is -0.117. The minimum Gasteiger partial charge on any atom is -0.356 e. The van der Waals surface area contributed by atoms with Crippen molar-refractivity contribution in [3.63, 3.8) is 0 Å². The fraction of sp³-hybridized carbons (Fsp3) is 0.348. The third kappa shape index (κ3) is 6.07. The molecule has 0 saturated carbocycles. The molecule has 3 N–H and O–H groups in total. The van der Waals surface area contributed by atoms with Crippen molar-refractivity contribution in [2.24, 2.45) is 4.99 Å². The van der Waals surface area contributed by atoms with Gasteiger partial charge in [0.2, 0.25) is 5.91 Å². The fourth-order valence-corrected chi connectivity index (χ4v) is 3.31. The average molecular weight is 408 g/mol. The maximum Gasteiger partial charge on any atom is 0.251 e. The van der Waals surface area contributed by atoms with E-state index in [1.807, 2.05) is 47.4 Å². The average Bonchev–Trinajstić information content (AvgIpc) is 3.22. The topological polar surface area (TPSA) is 85.8 Å². The van der Waals surface area contributed by atoms with Gasteiger partial charge in [0.15, 0.2) is 5.96 Å². The van der Waals surface area contributed by atoms with E-state index in [0.29, 0.717) is 37.6 Å². The number of nitrogens with zero attached hydrogens (tertiary/aromatic N) is 2. The first kappa shape index (κ1) is 21.4. The number of carbonyl (C=O) groups excluding carboxylic acids is 2. The van der Waals surface area contributed by atoms with Crippen molar-refractivity contribution in [2.45, 2.75) is 25.8 Å². The Labute approximate surface area is 177 Å². The minimum atomic E-state index is -0.0582. The van der Waals surface area contributed by atoms with E-state index in [0.717, 1.165) is 30.6 Å². The molecule has 1 saturated heterocycles. The van der Waals surface area contributed by atoms with Crippen LogP contribution in [0.1, 0.15) is 35.2 Å². The van der Waals surface area contributed by atoms with Crippen LogP contribution in [0.4, 0.5) is 5.69 Å². The molecule has 0 atom stereocenters. The number of hydrogen-bond acceptors (Lipinski definition) is 3. The molecule has 7 nitrogen and oxygen atoms in total. The molecular formula is C23H29N5O2. The third-order valence-corrected chi connectivity index (χ3v) is 4.97. The molecular weight excluding hydrogens is 378 g/mol. The number of rotatable bonds is 8. The molecule has 3 rings (SSSR count). The molecule has 1 aliphatic rings. The Balaban J connectivity index is 1.34. The van der Waals surface area contributed by atoms with Crippen LogP contribution in [0.5, 0.6) is 0 Å². The Hall–Kier alpha value is -3.35. The Morgan fingerprint density at radius 2 is 1.73 bits per heavy atom. The number of guanidine groups is 1. The highest BCUT2D eigenvalue weighted by molar-refractivity contribution is 5.95. The maximum atomic E-state index is 12.0. The van der Waals surface area contributed by atoms with Gasteiger partial charge in [-0.05, 0) is 42.7 Å². The lowest BCUT2D eigenvalue weighted by Gasteiger charge is -2.16. The first-order valence-electron chi connectivity index (χ1n) is 10.3. The number of nitrogens with one attached hydrogen (secondary N) is 3. The molecule has 1 aliphatic heterocycles. The minimum absolute atomic E-state index is 0.0582. The summed E-state index contributed by atoms with van der Waals surface area (Å²) in [5.41, 5.74) is 2.74. The summed E-state index contributed by atoms with van der Waals surface area (Å²) < 4.78 is 0. The molecule has 30 heavy (non-hydrogen) atoms. The molecule has 0 spiro atoms. The van der Waals surface area contributed by atoms with Gasteiger partial charge in [0.05, 0.1) is 0 Å². The van der Waals surface area contributed by atoms with Crippen LogP contribution in [0.3, 0.4) is 0 Å². The van der Waals surface area contributed by atoms with Crippen molar-refractivity contribution in [1.82, 2.24) is 16.0 Å².